The molecule has 0 saturated heterocycles. The van der Waals surface area contributed by atoms with Crippen LogP contribution in [0.15, 0.2) is 42.5 Å². The molecule has 10 heteroatoms. The molecule has 1 aromatic heterocycles. The second-order valence-electron chi connectivity index (χ2n) is 8.69. The molecule has 1 unspecified atom stereocenters. The molecule has 0 radical (unpaired) electrons. The number of para-hydroxylation sites is 1. The third-order valence-electron chi connectivity index (χ3n) is 6.09. The number of nitrogens with zero attached hydrogens (tertiary/aromatic N) is 3. The Labute approximate surface area is 201 Å². The van der Waals surface area contributed by atoms with Gasteiger partial charge in [0.25, 0.3) is 24.1 Å². The molecule has 0 fully saturated rings. The molecule has 1 aliphatic heterocycles. The minimum atomic E-state index is -2.66. The first-order valence-electron chi connectivity index (χ1n) is 11.5. The van der Waals surface area contributed by atoms with Crippen molar-refractivity contribution in [1.29, 1.82) is 0 Å². The first-order valence-corrected chi connectivity index (χ1v) is 11.5. The van der Waals surface area contributed by atoms with Gasteiger partial charge in [0.15, 0.2) is 0 Å². The molecule has 184 valence electrons. The van der Waals surface area contributed by atoms with E-state index in [0.29, 0.717) is 29.6 Å². The highest BCUT2D eigenvalue weighted by molar-refractivity contribution is 6.08. The lowest BCUT2D eigenvalue weighted by Gasteiger charge is -2.21. The SMILES string of the molecule is CC1CCCCNC(=O)c2cccc(c2)C(=O)Nc2nc3cccc(C(=O)N(C)CC(F)F)c3n21. The summed E-state index contributed by atoms with van der Waals surface area (Å²) in [5, 5.41) is 5.69. The van der Waals surface area contributed by atoms with Crippen LogP contribution in [-0.2, 0) is 0 Å². The number of nitrogens with one attached hydrogen (secondary N) is 2. The largest absolute Gasteiger partial charge is 0.352 e. The number of carbonyl (C=O) groups is 3. The summed E-state index contributed by atoms with van der Waals surface area (Å²) >= 11 is 0. The van der Waals surface area contributed by atoms with Crippen molar-refractivity contribution in [1.82, 2.24) is 19.8 Å². The molecule has 2 heterocycles. The third kappa shape index (κ3) is 5.16. The van der Waals surface area contributed by atoms with Crippen molar-refractivity contribution in [3.8, 4) is 0 Å². The van der Waals surface area contributed by atoms with E-state index in [1.54, 1.807) is 41.0 Å². The summed E-state index contributed by atoms with van der Waals surface area (Å²) in [6.45, 7) is 1.75. The van der Waals surface area contributed by atoms with Gasteiger partial charge in [0, 0.05) is 30.8 Å². The van der Waals surface area contributed by atoms with E-state index in [1.807, 2.05) is 6.92 Å². The van der Waals surface area contributed by atoms with Gasteiger partial charge in [-0.25, -0.2) is 13.8 Å². The van der Waals surface area contributed by atoms with Crippen LogP contribution >= 0.6 is 0 Å². The second-order valence-corrected chi connectivity index (χ2v) is 8.69. The zero-order valence-corrected chi connectivity index (χ0v) is 19.6. The Morgan fingerprint density at radius 3 is 2.60 bits per heavy atom. The molecule has 4 rings (SSSR count). The molecule has 8 nitrogen and oxygen atoms in total. The number of carbonyl (C=O) groups excluding carboxylic acids is 3. The maximum atomic E-state index is 13.1. The summed E-state index contributed by atoms with van der Waals surface area (Å²) in [4.78, 5) is 44.2. The highest BCUT2D eigenvalue weighted by atomic mass is 19.3. The number of hydrogen-bond donors (Lipinski definition) is 2. The van der Waals surface area contributed by atoms with E-state index in [1.165, 1.54) is 13.1 Å². The van der Waals surface area contributed by atoms with Crippen molar-refractivity contribution >= 4 is 34.7 Å². The molecule has 3 aromatic rings. The molecule has 1 aliphatic rings. The van der Waals surface area contributed by atoms with Crippen molar-refractivity contribution in [3.05, 3.63) is 59.2 Å². The lowest BCUT2D eigenvalue weighted by atomic mass is 10.1. The first kappa shape index (κ1) is 24.3. The maximum absolute atomic E-state index is 13.1. The zero-order valence-electron chi connectivity index (χ0n) is 19.6. The van der Waals surface area contributed by atoms with E-state index in [-0.39, 0.29) is 29.0 Å². The molecule has 0 saturated carbocycles. The lowest BCUT2D eigenvalue weighted by Crippen LogP contribution is -2.31. The summed E-state index contributed by atoms with van der Waals surface area (Å²) in [6.07, 6.45) is -0.454. The average molecular weight is 484 g/mol. The van der Waals surface area contributed by atoms with E-state index in [9.17, 15) is 23.2 Å². The number of rotatable bonds is 3. The van der Waals surface area contributed by atoms with Gasteiger partial charge in [-0.1, -0.05) is 12.1 Å². The minimum Gasteiger partial charge on any atom is -0.352 e. The highest BCUT2D eigenvalue weighted by Crippen LogP contribution is 2.31. The minimum absolute atomic E-state index is 0.172. The van der Waals surface area contributed by atoms with Crippen LogP contribution in [0.2, 0.25) is 0 Å². The Bertz CT molecular complexity index is 1270. The number of benzene rings is 2. The standard InChI is InChI=1S/C25H27F2N5O3/c1-15-7-3-4-12-28-22(33)16-8-5-9-17(13-16)23(34)30-25-29-19-11-6-10-18(21(19)32(15)25)24(35)31(2)14-20(26)27/h5-6,8-11,13,15,20H,3-4,7,12,14H2,1-2H3,(H,28,33)(H,29,30,34). The smallest absolute Gasteiger partial charge is 0.257 e. The predicted octanol–water partition coefficient (Wildman–Crippen LogP) is 4.10. The van der Waals surface area contributed by atoms with Crippen molar-refractivity contribution in [3.63, 3.8) is 0 Å². The van der Waals surface area contributed by atoms with Crippen LogP contribution in [0.1, 0.15) is 63.3 Å². The number of fused-ring (bicyclic) bond motifs is 5. The fourth-order valence-corrected chi connectivity index (χ4v) is 4.31. The van der Waals surface area contributed by atoms with Crippen molar-refractivity contribution in [2.45, 2.75) is 38.7 Å². The van der Waals surface area contributed by atoms with Crippen molar-refractivity contribution in [2.24, 2.45) is 0 Å². The Balaban J connectivity index is 1.82. The Kier molecular flexibility index (Phi) is 7.09. The van der Waals surface area contributed by atoms with E-state index in [2.05, 4.69) is 15.6 Å². The lowest BCUT2D eigenvalue weighted by molar-refractivity contribution is 0.0621. The van der Waals surface area contributed by atoms with Gasteiger partial charge in [-0.05, 0) is 56.5 Å². The van der Waals surface area contributed by atoms with Gasteiger partial charge in [0.2, 0.25) is 5.95 Å². The number of imidazole rings is 1. The highest BCUT2D eigenvalue weighted by Gasteiger charge is 2.25. The van der Waals surface area contributed by atoms with Gasteiger partial charge in [-0.15, -0.1) is 0 Å². The number of halogens is 2. The number of amides is 3. The van der Waals surface area contributed by atoms with Gasteiger partial charge in [-0.2, -0.15) is 0 Å². The molecule has 0 aliphatic carbocycles. The Morgan fingerprint density at radius 1 is 1.14 bits per heavy atom. The summed E-state index contributed by atoms with van der Waals surface area (Å²) in [5.74, 6) is -0.996. The molecule has 2 N–H and O–H groups in total. The van der Waals surface area contributed by atoms with Crippen molar-refractivity contribution in [2.75, 3.05) is 25.5 Å². The van der Waals surface area contributed by atoms with E-state index >= 15 is 0 Å². The van der Waals surface area contributed by atoms with Crippen LogP contribution < -0.4 is 10.6 Å². The number of anilines is 1. The first-order chi connectivity index (χ1) is 16.8. The Hall–Kier alpha value is -3.82. The summed E-state index contributed by atoms with van der Waals surface area (Å²) in [5.41, 5.74) is 1.86. The molecule has 35 heavy (non-hydrogen) atoms. The fraction of sp³-hybridized carbons (Fsp3) is 0.360. The molecule has 0 spiro atoms. The Morgan fingerprint density at radius 2 is 1.86 bits per heavy atom. The van der Waals surface area contributed by atoms with Crippen LogP contribution in [0.25, 0.3) is 11.0 Å². The van der Waals surface area contributed by atoms with E-state index in [4.69, 9.17) is 0 Å². The quantitative estimate of drug-likeness (QED) is 0.586. The predicted molar refractivity (Wildman–Crippen MR) is 128 cm³/mol. The monoisotopic (exact) mass is 483 g/mol. The molecule has 1 atom stereocenters. The second kappa shape index (κ2) is 10.2. The van der Waals surface area contributed by atoms with Crippen LogP contribution in [0.3, 0.4) is 0 Å². The van der Waals surface area contributed by atoms with Crippen LogP contribution in [-0.4, -0.2) is 58.7 Å². The summed E-state index contributed by atoms with van der Waals surface area (Å²) < 4.78 is 27.7. The van der Waals surface area contributed by atoms with Gasteiger partial charge < -0.3 is 14.8 Å². The molecule has 2 bridgehead atoms. The van der Waals surface area contributed by atoms with Crippen LogP contribution in [0.4, 0.5) is 14.7 Å². The van der Waals surface area contributed by atoms with E-state index < -0.39 is 24.8 Å². The van der Waals surface area contributed by atoms with Gasteiger partial charge >= 0.3 is 0 Å². The number of aromatic nitrogens is 2. The summed E-state index contributed by atoms with van der Waals surface area (Å²) in [7, 11) is 1.33. The fourth-order valence-electron chi connectivity index (χ4n) is 4.31. The average Bonchev–Trinajstić information content (AvgIpc) is 3.20. The normalized spacial score (nSPS) is 16.9. The zero-order chi connectivity index (χ0) is 25.1. The molecule has 2 aromatic carbocycles. The topological polar surface area (TPSA) is 96.3 Å². The molecular formula is C25H27F2N5O3. The van der Waals surface area contributed by atoms with Crippen LogP contribution in [0, 0.1) is 0 Å². The van der Waals surface area contributed by atoms with E-state index in [0.717, 1.165) is 17.7 Å². The third-order valence-corrected chi connectivity index (χ3v) is 6.09. The van der Waals surface area contributed by atoms with Gasteiger partial charge in [0.05, 0.1) is 23.1 Å². The van der Waals surface area contributed by atoms with Gasteiger partial charge in [0.1, 0.15) is 0 Å². The molecule has 3 amide bonds. The van der Waals surface area contributed by atoms with Crippen molar-refractivity contribution < 1.29 is 23.2 Å². The maximum Gasteiger partial charge on any atom is 0.257 e. The number of hydrogen-bond acceptors (Lipinski definition) is 4. The molecular weight excluding hydrogens is 456 g/mol. The van der Waals surface area contributed by atoms with Gasteiger partial charge in [-0.3, -0.25) is 19.7 Å². The summed E-state index contributed by atoms with van der Waals surface area (Å²) in [6, 6.07) is 11.2. The number of alkyl halides is 2. The van der Waals surface area contributed by atoms with Crippen LogP contribution in [0.5, 0.6) is 0 Å².